The summed E-state index contributed by atoms with van der Waals surface area (Å²) in [5.41, 5.74) is 5.43. The summed E-state index contributed by atoms with van der Waals surface area (Å²) in [4.78, 5) is 10.9. The summed E-state index contributed by atoms with van der Waals surface area (Å²) >= 11 is 0. The molecule has 4 heteroatoms. The molecule has 0 aromatic heterocycles. The van der Waals surface area contributed by atoms with Gasteiger partial charge in [-0.1, -0.05) is 6.92 Å². The molecule has 0 spiro atoms. The number of esters is 1. The van der Waals surface area contributed by atoms with E-state index in [0.717, 1.165) is 6.42 Å². The lowest BCUT2D eigenvalue weighted by Gasteiger charge is -2.08. The van der Waals surface area contributed by atoms with E-state index in [1.54, 1.807) is 7.11 Å². The zero-order valence-electron chi connectivity index (χ0n) is 7.71. The van der Waals surface area contributed by atoms with Crippen molar-refractivity contribution in [1.82, 2.24) is 0 Å². The fourth-order valence-corrected chi connectivity index (χ4v) is 0.650. The number of rotatable bonds is 6. The molecule has 72 valence electrons. The molecule has 0 aliphatic carbocycles. The van der Waals surface area contributed by atoms with E-state index in [-0.39, 0.29) is 5.97 Å². The van der Waals surface area contributed by atoms with Crippen LogP contribution in [0.5, 0.6) is 0 Å². The first-order valence-corrected chi connectivity index (χ1v) is 4.13. The van der Waals surface area contributed by atoms with Gasteiger partial charge in [-0.2, -0.15) is 0 Å². The van der Waals surface area contributed by atoms with Crippen LogP contribution in [0.15, 0.2) is 0 Å². The Bertz CT molecular complexity index is 127. The molecule has 0 aliphatic rings. The van der Waals surface area contributed by atoms with Crippen LogP contribution in [0.1, 0.15) is 19.8 Å². The summed E-state index contributed by atoms with van der Waals surface area (Å²) in [6.45, 7) is 2.84. The Morgan fingerprint density at radius 2 is 2.17 bits per heavy atom. The van der Waals surface area contributed by atoms with Gasteiger partial charge in [-0.15, -0.1) is 0 Å². The molecule has 0 aromatic rings. The zero-order valence-corrected chi connectivity index (χ0v) is 7.71. The average Bonchev–Trinajstić information content (AvgIpc) is 2.10. The summed E-state index contributed by atoms with van der Waals surface area (Å²) in [6.07, 6.45) is 1.34. The maximum absolute atomic E-state index is 10.9. The summed E-state index contributed by atoms with van der Waals surface area (Å²) in [5.74, 6) is -0.325. The largest absolute Gasteiger partial charge is 0.464 e. The Labute approximate surface area is 73.0 Å². The van der Waals surface area contributed by atoms with Crippen LogP contribution in [0.4, 0.5) is 0 Å². The summed E-state index contributed by atoms with van der Waals surface area (Å²) in [5, 5.41) is 0. The Kier molecular flexibility index (Phi) is 6.70. The predicted molar refractivity (Wildman–Crippen MR) is 45.7 cm³/mol. The third-order valence-electron chi connectivity index (χ3n) is 1.48. The minimum Gasteiger partial charge on any atom is -0.464 e. The highest BCUT2D eigenvalue weighted by Gasteiger charge is 2.11. The molecule has 0 fully saturated rings. The smallest absolute Gasteiger partial charge is 0.322 e. The lowest BCUT2D eigenvalue weighted by Crippen LogP contribution is -2.31. The van der Waals surface area contributed by atoms with Crippen molar-refractivity contribution >= 4 is 5.97 Å². The van der Waals surface area contributed by atoms with Gasteiger partial charge in [-0.25, -0.2) is 0 Å². The van der Waals surface area contributed by atoms with Crippen LogP contribution >= 0.6 is 0 Å². The van der Waals surface area contributed by atoms with Gasteiger partial charge in [0.05, 0.1) is 6.61 Å². The first-order chi connectivity index (χ1) is 5.72. The summed E-state index contributed by atoms with van der Waals surface area (Å²) in [7, 11) is 1.61. The van der Waals surface area contributed by atoms with Crippen molar-refractivity contribution in [2.75, 3.05) is 20.3 Å². The number of carbonyl (C=O) groups is 1. The van der Waals surface area contributed by atoms with Crippen LogP contribution in [0, 0.1) is 0 Å². The second kappa shape index (κ2) is 7.06. The normalized spacial score (nSPS) is 12.6. The van der Waals surface area contributed by atoms with Crippen molar-refractivity contribution in [3.63, 3.8) is 0 Å². The van der Waals surface area contributed by atoms with Crippen molar-refractivity contribution < 1.29 is 14.3 Å². The van der Waals surface area contributed by atoms with E-state index in [2.05, 4.69) is 0 Å². The van der Waals surface area contributed by atoms with E-state index >= 15 is 0 Å². The topological polar surface area (TPSA) is 61.6 Å². The van der Waals surface area contributed by atoms with E-state index < -0.39 is 6.04 Å². The highest BCUT2D eigenvalue weighted by molar-refractivity contribution is 5.75. The quantitative estimate of drug-likeness (QED) is 0.466. The van der Waals surface area contributed by atoms with E-state index in [0.29, 0.717) is 19.6 Å². The fraction of sp³-hybridized carbons (Fsp3) is 0.875. The Balaban J connectivity index is 3.31. The van der Waals surface area contributed by atoms with Crippen molar-refractivity contribution in [3.05, 3.63) is 0 Å². The fourth-order valence-electron chi connectivity index (χ4n) is 0.650. The Morgan fingerprint density at radius 3 is 2.67 bits per heavy atom. The average molecular weight is 175 g/mol. The molecule has 0 heterocycles. The standard InChI is InChI=1S/C8H17NO3/c1-3-7(9)8(10)12-6-4-5-11-2/h7H,3-6,9H2,1-2H3/t7-/m1/s1. The lowest BCUT2D eigenvalue weighted by atomic mass is 10.2. The van der Waals surface area contributed by atoms with Crippen molar-refractivity contribution in [2.45, 2.75) is 25.8 Å². The van der Waals surface area contributed by atoms with Crippen LogP contribution in [0.2, 0.25) is 0 Å². The van der Waals surface area contributed by atoms with E-state index in [1.165, 1.54) is 0 Å². The minimum absolute atomic E-state index is 0.325. The van der Waals surface area contributed by atoms with Crippen LogP contribution in [0.3, 0.4) is 0 Å². The molecular formula is C8H17NO3. The SMILES string of the molecule is CC[C@@H](N)C(=O)OCCCOC. The van der Waals surface area contributed by atoms with Crippen LogP contribution in [0.25, 0.3) is 0 Å². The molecule has 4 nitrogen and oxygen atoms in total. The van der Waals surface area contributed by atoms with E-state index in [1.807, 2.05) is 6.92 Å². The number of nitrogens with two attached hydrogens (primary N) is 1. The van der Waals surface area contributed by atoms with Gasteiger partial charge in [0.1, 0.15) is 6.04 Å². The number of methoxy groups -OCH3 is 1. The maximum Gasteiger partial charge on any atom is 0.322 e. The molecule has 0 bridgehead atoms. The second-order valence-corrected chi connectivity index (χ2v) is 2.53. The molecule has 0 aromatic carbocycles. The van der Waals surface area contributed by atoms with Gasteiger partial charge in [0.2, 0.25) is 0 Å². The van der Waals surface area contributed by atoms with E-state index in [9.17, 15) is 4.79 Å². The van der Waals surface area contributed by atoms with Crippen molar-refractivity contribution in [1.29, 1.82) is 0 Å². The zero-order chi connectivity index (χ0) is 9.40. The van der Waals surface area contributed by atoms with Gasteiger partial charge in [0.15, 0.2) is 0 Å². The first kappa shape index (κ1) is 11.4. The van der Waals surface area contributed by atoms with Gasteiger partial charge >= 0.3 is 5.97 Å². The number of hydrogen-bond acceptors (Lipinski definition) is 4. The molecule has 0 radical (unpaired) electrons. The number of carbonyl (C=O) groups excluding carboxylic acids is 1. The third kappa shape index (κ3) is 5.09. The maximum atomic E-state index is 10.9. The number of hydrogen-bond donors (Lipinski definition) is 1. The summed E-state index contributed by atoms with van der Waals surface area (Å²) in [6, 6.07) is -0.479. The molecule has 0 saturated carbocycles. The van der Waals surface area contributed by atoms with Gasteiger partial charge in [-0.3, -0.25) is 4.79 Å². The highest BCUT2D eigenvalue weighted by atomic mass is 16.5. The number of ether oxygens (including phenoxy) is 2. The van der Waals surface area contributed by atoms with Crippen molar-refractivity contribution in [2.24, 2.45) is 5.73 Å². The molecule has 0 aliphatic heterocycles. The lowest BCUT2D eigenvalue weighted by molar-refractivity contribution is -0.145. The predicted octanol–water partition coefficient (Wildman–Crippen LogP) is 0.303. The molecule has 0 rings (SSSR count). The molecule has 1 atom stereocenters. The van der Waals surface area contributed by atoms with Gasteiger partial charge in [-0.05, 0) is 6.42 Å². The molecular weight excluding hydrogens is 158 g/mol. The van der Waals surface area contributed by atoms with Crippen LogP contribution in [-0.2, 0) is 14.3 Å². The van der Waals surface area contributed by atoms with Gasteiger partial charge in [0, 0.05) is 20.1 Å². The van der Waals surface area contributed by atoms with Gasteiger partial charge in [0.25, 0.3) is 0 Å². The molecule has 0 saturated heterocycles. The Hall–Kier alpha value is -0.610. The minimum atomic E-state index is -0.479. The summed E-state index contributed by atoms with van der Waals surface area (Å²) < 4.78 is 9.64. The Morgan fingerprint density at radius 1 is 1.50 bits per heavy atom. The molecule has 0 amide bonds. The monoisotopic (exact) mass is 175 g/mol. The molecule has 12 heavy (non-hydrogen) atoms. The van der Waals surface area contributed by atoms with E-state index in [4.69, 9.17) is 15.2 Å². The third-order valence-corrected chi connectivity index (χ3v) is 1.48. The van der Waals surface area contributed by atoms with Crippen molar-refractivity contribution in [3.8, 4) is 0 Å². The highest BCUT2D eigenvalue weighted by Crippen LogP contribution is 1.92. The van der Waals surface area contributed by atoms with Crippen LogP contribution < -0.4 is 5.73 Å². The van der Waals surface area contributed by atoms with Gasteiger partial charge < -0.3 is 15.2 Å². The van der Waals surface area contributed by atoms with Crippen LogP contribution in [-0.4, -0.2) is 32.3 Å². The molecule has 0 unspecified atom stereocenters. The molecule has 2 N–H and O–H groups in total. The first-order valence-electron chi connectivity index (χ1n) is 4.13. The second-order valence-electron chi connectivity index (χ2n) is 2.53.